The highest BCUT2D eigenvalue weighted by atomic mass is 19.1. The minimum Gasteiger partial charge on any atom is -0.480 e. The summed E-state index contributed by atoms with van der Waals surface area (Å²) in [5, 5.41) is 8.73. The van der Waals surface area contributed by atoms with Gasteiger partial charge in [0.15, 0.2) is 0 Å². The number of aliphatic carboxylic acids is 1. The van der Waals surface area contributed by atoms with E-state index in [1.54, 1.807) is 18.0 Å². The third-order valence-electron chi connectivity index (χ3n) is 2.90. The summed E-state index contributed by atoms with van der Waals surface area (Å²) < 4.78 is 13.0. The van der Waals surface area contributed by atoms with Crippen molar-refractivity contribution < 1.29 is 14.3 Å². The first kappa shape index (κ1) is 12.5. The van der Waals surface area contributed by atoms with E-state index in [0.29, 0.717) is 16.9 Å². The van der Waals surface area contributed by atoms with E-state index in [4.69, 9.17) is 5.11 Å². The number of fused-ring (bicyclic) bond motifs is 1. The van der Waals surface area contributed by atoms with Crippen molar-refractivity contribution in [2.24, 2.45) is 0 Å². The molecule has 1 aromatic carbocycles. The molecule has 0 bridgehead atoms. The van der Waals surface area contributed by atoms with Gasteiger partial charge in [-0.2, -0.15) is 0 Å². The molecule has 96 valence electrons. The number of hydrogen-bond donors (Lipinski definition) is 2. The third kappa shape index (κ3) is 2.48. The lowest BCUT2D eigenvalue weighted by Crippen LogP contribution is -2.29. The van der Waals surface area contributed by atoms with Crippen molar-refractivity contribution in [3.63, 3.8) is 0 Å². The molecule has 0 amide bonds. The van der Waals surface area contributed by atoms with E-state index in [9.17, 15) is 9.18 Å². The van der Waals surface area contributed by atoms with Gasteiger partial charge in [-0.25, -0.2) is 9.37 Å². The molecule has 0 fully saturated rings. The Labute approximate surface area is 103 Å². The molecule has 2 rings (SSSR count). The molecule has 5 nitrogen and oxygen atoms in total. The van der Waals surface area contributed by atoms with Crippen LogP contribution in [-0.4, -0.2) is 39.5 Å². The Bertz CT molecular complexity index is 582. The summed E-state index contributed by atoms with van der Waals surface area (Å²) >= 11 is 0. The number of halogens is 1. The average Bonchev–Trinajstić information content (AvgIpc) is 2.69. The number of imidazole rings is 1. The zero-order valence-electron chi connectivity index (χ0n) is 10.1. The number of nitrogens with zero attached hydrogens (tertiary/aromatic N) is 2. The van der Waals surface area contributed by atoms with E-state index in [-0.39, 0.29) is 18.4 Å². The number of carbonyl (C=O) groups is 1. The molecule has 0 spiro atoms. The van der Waals surface area contributed by atoms with Gasteiger partial charge in [-0.05, 0) is 32.2 Å². The van der Waals surface area contributed by atoms with Crippen LogP contribution in [0, 0.1) is 5.82 Å². The number of carboxylic acids is 1. The van der Waals surface area contributed by atoms with Crippen LogP contribution < -0.4 is 0 Å². The number of hydrogen-bond acceptors (Lipinski definition) is 3. The van der Waals surface area contributed by atoms with Gasteiger partial charge < -0.3 is 10.1 Å². The Morgan fingerprint density at radius 2 is 2.33 bits per heavy atom. The normalized spacial score (nSPS) is 13.1. The molecule has 18 heavy (non-hydrogen) atoms. The number of nitrogens with one attached hydrogen (secondary N) is 1. The summed E-state index contributed by atoms with van der Waals surface area (Å²) in [6.45, 7) is 1.77. The predicted molar refractivity (Wildman–Crippen MR) is 64.7 cm³/mol. The fourth-order valence-electron chi connectivity index (χ4n) is 1.76. The predicted octanol–water partition coefficient (Wildman–Crippen LogP) is 1.78. The standard InChI is InChI=1S/C12H14FN3O2/c1-7(16(2)6-11(17)18)12-14-9-4-3-8(13)5-10(9)15-12/h3-5,7H,6H2,1-2H3,(H,14,15)(H,17,18). The van der Waals surface area contributed by atoms with Gasteiger partial charge in [0.2, 0.25) is 0 Å². The van der Waals surface area contributed by atoms with Crippen molar-refractivity contribution in [1.82, 2.24) is 14.9 Å². The molecule has 0 radical (unpaired) electrons. The lowest BCUT2D eigenvalue weighted by atomic mass is 10.3. The van der Waals surface area contributed by atoms with Crippen molar-refractivity contribution >= 4 is 17.0 Å². The first-order valence-corrected chi connectivity index (χ1v) is 5.54. The van der Waals surface area contributed by atoms with Crippen LogP contribution in [0.4, 0.5) is 4.39 Å². The SMILES string of the molecule is CC(c1nc2ccc(F)cc2[nH]1)N(C)CC(=O)O. The number of rotatable bonds is 4. The van der Waals surface area contributed by atoms with Crippen LogP contribution in [0.3, 0.4) is 0 Å². The zero-order chi connectivity index (χ0) is 13.3. The maximum absolute atomic E-state index is 13.0. The summed E-state index contributed by atoms with van der Waals surface area (Å²) in [4.78, 5) is 19.6. The second kappa shape index (κ2) is 4.73. The van der Waals surface area contributed by atoms with Crippen LogP contribution in [0.15, 0.2) is 18.2 Å². The molecule has 0 saturated carbocycles. The van der Waals surface area contributed by atoms with Gasteiger partial charge in [0.25, 0.3) is 0 Å². The van der Waals surface area contributed by atoms with Crippen molar-refractivity contribution in [3.05, 3.63) is 29.8 Å². The molecular formula is C12H14FN3O2. The monoisotopic (exact) mass is 251 g/mol. The molecule has 1 aromatic heterocycles. The minimum atomic E-state index is -0.897. The Balaban J connectivity index is 2.27. The van der Waals surface area contributed by atoms with E-state index in [1.165, 1.54) is 12.1 Å². The lowest BCUT2D eigenvalue weighted by molar-refractivity contribution is -0.138. The maximum Gasteiger partial charge on any atom is 0.317 e. The highest BCUT2D eigenvalue weighted by Crippen LogP contribution is 2.20. The van der Waals surface area contributed by atoms with Gasteiger partial charge in [0, 0.05) is 0 Å². The van der Waals surface area contributed by atoms with E-state index in [2.05, 4.69) is 9.97 Å². The molecule has 1 unspecified atom stereocenters. The number of aromatic nitrogens is 2. The van der Waals surface area contributed by atoms with Gasteiger partial charge in [-0.15, -0.1) is 0 Å². The summed E-state index contributed by atoms with van der Waals surface area (Å²) in [5.74, 6) is -0.602. The van der Waals surface area contributed by atoms with E-state index in [0.717, 1.165) is 0 Å². The van der Waals surface area contributed by atoms with E-state index in [1.807, 2.05) is 6.92 Å². The number of aromatic amines is 1. The van der Waals surface area contributed by atoms with Gasteiger partial charge in [-0.3, -0.25) is 9.69 Å². The number of carboxylic acid groups (broad SMARTS) is 1. The smallest absolute Gasteiger partial charge is 0.317 e. The summed E-state index contributed by atoms with van der Waals surface area (Å²) in [7, 11) is 1.70. The Morgan fingerprint density at radius 1 is 1.61 bits per heavy atom. The van der Waals surface area contributed by atoms with E-state index < -0.39 is 5.97 Å². The Kier molecular flexibility index (Phi) is 3.29. The van der Waals surface area contributed by atoms with Gasteiger partial charge in [0.1, 0.15) is 11.6 Å². The molecule has 2 aromatic rings. The van der Waals surface area contributed by atoms with Crippen molar-refractivity contribution in [2.75, 3.05) is 13.6 Å². The van der Waals surface area contributed by atoms with Crippen LogP contribution in [0.25, 0.3) is 11.0 Å². The molecule has 0 aliphatic rings. The largest absolute Gasteiger partial charge is 0.480 e. The molecule has 2 N–H and O–H groups in total. The fourth-order valence-corrected chi connectivity index (χ4v) is 1.76. The molecular weight excluding hydrogens is 237 g/mol. The van der Waals surface area contributed by atoms with Gasteiger partial charge >= 0.3 is 5.97 Å². The van der Waals surface area contributed by atoms with Crippen LogP contribution in [0.2, 0.25) is 0 Å². The molecule has 0 aliphatic heterocycles. The first-order valence-electron chi connectivity index (χ1n) is 5.54. The summed E-state index contributed by atoms with van der Waals surface area (Å²) in [5.41, 5.74) is 1.28. The molecule has 1 heterocycles. The zero-order valence-corrected chi connectivity index (χ0v) is 10.1. The fraction of sp³-hybridized carbons (Fsp3) is 0.333. The van der Waals surface area contributed by atoms with Crippen LogP contribution in [-0.2, 0) is 4.79 Å². The van der Waals surface area contributed by atoms with Crippen molar-refractivity contribution in [2.45, 2.75) is 13.0 Å². The van der Waals surface area contributed by atoms with Crippen LogP contribution in [0.1, 0.15) is 18.8 Å². The third-order valence-corrected chi connectivity index (χ3v) is 2.90. The van der Waals surface area contributed by atoms with Crippen molar-refractivity contribution in [3.8, 4) is 0 Å². The highest BCUT2D eigenvalue weighted by molar-refractivity contribution is 5.75. The average molecular weight is 251 g/mol. The van der Waals surface area contributed by atoms with E-state index >= 15 is 0 Å². The number of benzene rings is 1. The minimum absolute atomic E-state index is 0.0768. The molecule has 0 saturated heterocycles. The second-order valence-corrected chi connectivity index (χ2v) is 4.27. The van der Waals surface area contributed by atoms with Crippen LogP contribution in [0.5, 0.6) is 0 Å². The highest BCUT2D eigenvalue weighted by Gasteiger charge is 2.17. The Hall–Kier alpha value is -1.95. The maximum atomic E-state index is 13.0. The number of H-pyrrole nitrogens is 1. The molecule has 0 aliphatic carbocycles. The lowest BCUT2D eigenvalue weighted by Gasteiger charge is -2.20. The molecule has 1 atom stereocenters. The Morgan fingerprint density at radius 3 is 3.00 bits per heavy atom. The topological polar surface area (TPSA) is 69.2 Å². The van der Waals surface area contributed by atoms with Gasteiger partial charge in [-0.1, -0.05) is 0 Å². The second-order valence-electron chi connectivity index (χ2n) is 4.27. The van der Waals surface area contributed by atoms with Crippen molar-refractivity contribution in [1.29, 1.82) is 0 Å². The quantitative estimate of drug-likeness (QED) is 0.869. The summed E-state index contributed by atoms with van der Waals surface area (Å²) in [6.07, 6.45) is 0. The number of likely N-dealkylation sites (N-methyl/N-ethyl adjacent to an activating group) is 1. The molecule has 6 heteroatoms. The first-order chi connectivity index (χ1) is 8.47. The van der Waals surface area contributed by atoms with Crippen LogP contribution >= 0.6 is 0 Å². The summed E-state index contributed by atoms with van der Waals surface area (Å²) in [6, 6.07) is 4.12. The van der Waals surface area contributed by atoms with Gasteiger partial charge in [0.05, 0.1) is 23.6 Å².